The number of amides is 3. The number of carbonyl (C=O) groups is 2. The van der Waals surface area contributed by atoms with Gasteiger partial charge in [-0.3, -0.25) is 4.79 Å². The van der Waals surface area contributed by atoms with Gasteiger partial charge in [0.1, 0.15) is 11.9 Å². The SMILES string of the molecule is O=C1NCCN(C(=O)NCc2ccccc2F)[C@@H]1c1ccccc1. The maximum atomic E-state index is 13.7. The van der Waals surface area contributed by atoms with Crippen molar-refractivity contribution in [1.82, 2.24) is 15.5 Å². The van der Waals surface area contributed by atoms with Crippen molar-refractivity contribution in [2.75, 3.05) is 13.1 Å². The number of hydrogen-bond acceptors (Lipinski definition) is 2. The lowest BCUT2D eigenvalue weighted by atomic mass is 10.0. The minimum atomic E-state index is -0.680. The maximum absolute atomic E-state index is 13.7. The molecule has 2 N–H and O–H groups in total. The molecular weight excluding hydrogens is 309 g/mol. The van der Waals surface area contributed by atoms with Gasteiger partial charge in [0.25, 0.3) is 0 Å². The van der Waals surface area contributed by atoms with E-state index in [1.807, 2.05) is 30.3 Å². The third kappa shape index (κ3) is 3.37. The Kier molecular flexibility index (Phi) is 4.74. The van der Waals surface area contributed by atoms with Gasteiger partial charge in [0.15, 0.2) is 0 Å². The zero-order valence-corrected chi connectivity index (χ0v) is 13.0. The minimum Gasteiger partial charge on any atom is -0.352 e. The smallest absolute Gasteiger partial charge is 0.318 e. The van der Waals surface area contributed by atoms with E-state index in [2.05, 4.69) is 10.6 Å². The van der Waals surface area contributed by atoms with Crippen molar-refractivity contribution in [3.63, 3.8) is 0 Å². The van der Waals surface area contributed by atoms with Crippen molar-refractivity contribution in [2.24, 2.45) is 0 Å². The monoisotopic (exact) mass is 327 g/mol. The summed E-state index contributed by atoms with van der Waals surface area (Å²) in [4.78, 5) is 26.3. The van der Waals surface area contributed by atoms with E-state index in [9.17, 15) is 14.0 Å². The molecular formula is C18H18FN3O2. The highest BCUT2D eigenvalue weighted by Gasteiger charge is 2.34. The van der Waals surface area contributed by atoms with Crippen LogP contribution in [0.5, 0.6) is 0 Å². The molecule has 2 aromatic carbocycles. The summed E-state index contributed by atoms with van der Waals surface area (Å²) in [6, 6.07) is 14.3. The van der Waals surface area contributed by atoms with E-state index in [1.165, 1.54) is 11.0 Å². The van der Waals surface area contributed by atoms with Gasteiger partial charge in [-0.15, -0.1) is 0 Å². The van der Waals surface area contributed by atoms with Gasteiger partial charge in [0, 0.05) is 25.2 Å². The van der Waals surface area contributed by atoms with Crippen molar-refractivity contribution in [1.29, 1.82) is 0 Å². The molecule has 1 aliphatic heterocycles. The minimum absolute atomic E-state index is 0.0745. The second-order valence-corrected chi connectivity index (χ2v) is 5.55. The zero-order chi connectivity index (χ0) is 16.9. The zero-order valence-electron chi connectivity index (χ0n) is 13.0. The maximum Gasteiger partial charge on any atom is 0.318 e. The van der Waals surface area contributed by atoms with Crippen LogP contribution in [-0.2, 0) is 11.3 Å². The van der Waals surface area contributed by atoms with Gasteiger partial charge in [-0.2, -0.15) is 0 Å². The number of nitrogens with one attached hydrogen (secondary N) is 2. The summed E-state index contributed by atoms with van der Waals surface area (Å²) in [6.07, 6.45) is 0. The van der Waals surface area contributed by atoms with E-state index in [-0.39, 0.29) is 24.3 Å². The van der Waals surface area contributed by atoms with Crippen LogP contribution in [0.1, 0.15) is 17.2 Å². The summed E-state index contributed by atoms with van der Waals surface area (Å²) in [5.41, 5.74) is 1.15. The normalized spacial score (nSPS) is 17.3. The van der Waals surface area contributed by atoms with Crippen molar-refractivity contribution in [2.45, 2.75) is 12.6 Å². The molecule has 124 valence electrons. The van der Waals surface area contributed by atoms with Crippen LogP contribution in [-0.4, -0.2) is 29.9 Å². The lowest BCUT2D eigenvalue weighted by molar-refractivity contribution is -0.127. The molecule has 0 aromatic heterocycles. The molecule has 1 aliphatic rings. The highest BCUT2D eigenvalue weighted by atomic mass is 19.1. The van der Waals surface area contributed by atoms with Gasteiger partial charge in [0.2, 0.25) is 5.91 Å². The van der Waals surface area contributed by atoms with Crippen LogP contribution in [0.25, 0.3) is 0 Å². The Morgan fingerprint density at radius 1 is 1.17 bits per heavy atom. The van der Waals surface area contributed by atoms with E-state index in [4.69, 9.17) is 0 Å². The van der Waals surface area contributed by atoms with Gasteiger partial charge in [-0.1, -0.05) is 48.5 Å². The topological polar surface area (TPSA) is 61.4 Å². The van der Waals surface area contributed by atoms with Crippen LogP contribution >= 0.6 is 0 Å². The van der Waals surface area contributed by atoms with Crippen LogP contribution in [0.15, 0.2) is 54.6 Å². The average Bonchev–Trinajstić information content (AvgIpc) is 2.61. The Labute approximate surface area is 139 Å². The molecule has 0 bridgehead atoms. The fraction of sp³-hybridized carbons (Fsp3) is 0.222. The molecule has 1 heterocycles. The van der Waals surface area contributed by atoms with Gasteiger partial charge < -0.3 is 15.5 Å². The first kappa shape index (κ1) is 16.0. The number of hydrogen-bond donors (Lipinski definition) is 2. The lowest BCUT2D eigenvalue weighted by Crippen LogP contribution is -2.54. The molecule has 5 nitrogen and oxygen atoms in total. The molecule has 0 spiro atoms. The van der Waals surface area contributed by atoms with Gasteiger partial charge in [0.05, 0.1) is 0 Å². The number of urea groups is 1. The molecule has 1 fully saturated rings. The molecule has 3 amide bonds. The molecule has 0 saturated carbocycles. The molecule has 2 aromatic rings. The number of piperazine rings is 1. The van der Waals surface area contributed by atoms with E-state index in [1.54, 1.807) is 18.2 Å². The van der Waals surface area contributed by atoms with Crippen LogP contribution in [0.2, 0.25) is 0 Å². The molecule has 0 aliphatic carbocycles. The first-order chi connectivity index (χ1) is 11.7. The predicted molar refractivity (Wildman–Crippen MR) is 87.5 cm³/mol. The van der Waals surface area contributed by atoms with Crippen molar-refractivity contribution >= 4 is 11.9 Å². The lowest BCUT2D eigenvalue weighted by Gasteiger charge is -2.35. The quantitative estimate of drug-likeness (QED) is 0.908. The summed E-state index contributed by atoms with van der Waals surface area (Å²) < 4.78 is 13.7. The number of halogens is 1. The van der Waals surface area contributed by atoms with Gasteiger partial charge in [-0.25, -0.2) is 9.18 Å². The highest BCUT2D eigenvalue weighted by Crippen LogP contribution is 2.23. The Balaban J connectivity index is 1.74. The fourth-order valence-electron chi connectivity index (χ4n) is 2.77. The Morgan fingerprint density at radius 3 is 2.62 bits per heavy atom. The van der Waals surface area contributed by atoms with E-state index in [0.29, 0.717) is 18.7 Å². The summed E-state index contributed by atoms with van der Waals surface area (Å²) in [6.45, 7) is 0.870. The summed E-state index contributed by atoms with van der Waals surface area (Å²) in [5, 5.41) is 5.47. The summed E-state index contributed by atoms with van der Waals surface area (Å²) in [5.74, 6) is -0.581. The summed E-state index contributed by atoms with van der Waals surface area (Å²) in [7, 11) is 0. The number of rotatable bonds is 3. The molecule has 0 radical (unpaired) electrons. The second-order valence-electron chi connectivity index (χ2n) is 5.55. The summed E-state index contributed by atoms with van der Waals surface area (Å²) >= 11 is 0. The highest BCUT2D eigenvalue weighted by molar-refractivity contribution is 5.89. The van der Waals surface area contributed by atoms with Crippen LogP contribution in [0.3, 0.4) is 0 Å². The third-order valence-corrected chi connectivity index (χ3v) is 3.98. The number of carbonyl (C=O) groups excluding carboxylic acids is 2. The van der Waals surface area contributed by atoms with Crippen molar-refractivity contribution in [3.8, 4) is 0 Å². The Hall–Kier alpha value is -2.89. The second kappa shape index (κ2) is 7.12. The van der Waals surface area contributed by atoms with Crippen LogP contribution in [0, 0.1) is 5.82 Å². The Bertz CT molecular complexity index is 736. The van der Waals surface area contributed by atoms with E-state index >= 15 is 0 Å². The Morgan fingerprint density at radius 2 is 1.88 bits per heavy atom. The number of benzene rings is 2. The molecule has 1 saturated heterocycles. The molecule has 1 atom stereocenters. The largest absolute Gasteiger partial charge is 0.352 e. The van der Waals surface area contributed by atoms with E-state index < -0.39 is 6.04 Å². The fourth-order valence-corrected chi connectivity index (χ4v) is 2.77. The first-order valence-corrected chi connectivity index (χ1v) is 7.77. The standard InChI is InChI=1S/C18H18FN3O2/c19-15-9-5-4-8-14(15)12-21-18(24)22-11-10-20-17(23)16(22)13-6-2-1-3-7-13/h1-9,16H,10-12H2,(H,20,23)(H,21,24)/t16-/m1/s1. The molecule has 24 heavy (non-hydrogen) atoms. The molecule has 0 unspecified atom stereocenters. The van der Waals surface area contributed by atoms with E-state index in [0.717, 1.165) is 5.56 Å². The first-order valence-electron chi connectivity index (χ1n) is 7.77. The molecule has 3 rings (SSSR count). The van der Waals surface area contributed by atoms with Crippen LogP contribution < -0.4 is 10.6 Å². The van der Waals surface area contributed by atoms with Crippen molar-refractivity contribution < 1.29 is 14.0 Å². The van der Waals surface area contributed by atoms with Crippen LogP contribution in [0.4, 0.5) is 9.18 Å². The third-order valence-electron chi connectivity index (χ3n) is 3.98. The average molecular weight is 327 g/mol. The van der Waals surface area contributed by atoms with Gasteiger partial charge in [-0.05, 0) is 11.6 Å². The van der Waals surface area contributed by atoms with Gasteiger partial charge >= 0.3 is 6.03 Å². The number of nitrogens with zero attached hydrogens (tertiary/aromatic N) is 1. The van der Waals surface area contributed by atoms with Crippen molar-refractivity contribution in [3.05, 3.63) is 71.5 Å². The predicted octanol–water partition coefficient (Wildman–Crippen LogP) is 2.21. The molecule has 6 heteroatoms.